The second-order valence-electron chi connectivity index (χ2n) is 6.73. The van der Waals surface area contributed by atoms with Gasteiger partial charge in [-0.25, -0.2) is 4.85 Å². The highest BCUT2D eigenvalue weighted by Crippen LogP contribution is 2.37. The Kier molecular flexibility index (Phi) is 5.67. The van der Waals surface area contributed by atoms with E-state index in [2.05, 4.69) is 20.8 Å². The van der Waals surface area contributed by atoms with Gasteiger partial charge in [0.1, 0.15) is 0 Å². The molecule has 0 N–H and O–H groups in total. The van der Waals surface area contributed by atoms with Crippen LogP contribution in [0.25, 0.3) is 16.1 Å². The number of halogens is 4. The van der Waals surface area contributed by atoms with Crippen LogP contribution >= 0.6 is 15.9 Å². The Morgan fingerprint density at radius 2 is 1.83 bits per heavy atom. The van der Waals surface area contributed by atoms with Gasteiger partial charge in [0.15, 0.2) is 0 Å². The van der Waals surface area contributed by atoms with E-state index in [0.717, 1.165) is 22.8 Å². The zero-order valence-corrected chi connectivity index (χ0v) is 17.2. The SMILES string of the molecule is [C-]#[N+]c1c(C(F)(F)F)cc(-c2cccc(Br)c2)n(Cc2ccc(C)cc2C)c1=O. The molecule has 2 aromatic carbocycles. The van der Waals surface area contributed by atoms with Gasteiger partial charge in [-0.1, -0.05) is 51.8 Å². The van der Waals surface area contributed by atoms with E-state index in [1.54, 1.807) is 24.3 Å². The molecule has 3 aromatic rings. The Bertz CT molecular complexity index is 1190. The lowest BCUT2D eigenvalue weighted by atomic mass is 10.0. The van der Waals surface area contributed by atoms with Gasteiger partial charge in [0, 0.05) is 10.2 Å². The van der Waals surface area contributed by atoms with Crippen LogP contribution in [0.3, 0.4) is 0 Å². The molecule has 0 aliphatic carbocycles. The number of benzene rings is 2. The molecular formula is C22H16BrF3N2O. The number of rotatable bonds is 3. The molecular weight excluding hydrogens is 445 g/mol. The van der Waals surface area contributed by atoms with Gasteiger partial charge in [0.05, 0.1) is 18.7 Å². The molecule has 0 atom stereocenters. The lowest BCUT2D eigenvalue weighted by Gasteiger charge is -2.19. The van der Waals surface area contributed by atoms with Crippen molar-refractivity contribution in [3.63, 3.8) is 0 Å². The minimum Gasteiger partial charge on any atom is -0.313 e. The van der Waals surface area contributed by atoms with E-state index in [0.29, 0.717) is 10.0 Å². The van der Waals surface area contributed by atoms with Gasteiger partial charge < -0.3 is 4.57 Å². The van der Waals surface area contributed by atoms with Gasteiger partial charge in [-0.05, 0) is 48.7 Å². The van der Waals surface area contributed by atoms with Crippen LogP contribution in [0.1, 0.15) is 22.3 Å². The molecule has 0 aliphatic heterocycles. The lowest BCUT2D eigenvalue weighted by Crippen LogP contribution is -2.25. The molecule has 0 unspecified atom stereocenters. The van der Waals surface area contributed by atoms with Crippen molar-refractivity contribution in [2.75, 3.05) is 0 Å². The number of aryl methyl sites for hydroxylation is 2. The molecule has 1 heterocycles. The van der Waals surface area contributed by atoms with Crippen LogP contribution in [-0.4, -0.2) is 4.57 Å². The van der Waals surface area contributed by atoms with Crippen LogP contribution < -0.4 is 5.56 Å². The first-order chi connectivity index (χ1) is 13.6. The Morgan fingerprint density at radius 3 is 2.41 bits per heavy atom. The van der Waals surface area contributed by atoms with E-state index >= 15 is 0 Å². The van der Waals surface area contributed by atoms with Gasteiger partial charge in [-0.3, -0.25) is 4.79 Å². The number of nitrogens with zero attached hydrogens (tertiary/aromatic N) is 2. The summed E-state index contributed by atoms with van der Waals surface area (Å²) in [7, 11) is 0. The molecule has 0 radical (unpaired) electrons. The summed E-state index contributed by atoms with van der Waals surface area (Å²) < 4.78 is 42.6. The van der Waals surface area contributed by atoms with Gasteiger partial charge in [0.25, 0.3) is 11.2 Å². The van der Waals surface area contributed by atoms with E-state index < -0.39 is 23.0 Å². The minimum atomic E-state index is -4.81. The van der Waals surface area contributed by atoms with Crippen LogP contribution in [-0.2, 0) is 12.7 Å². The van der Waals surface area contributed by atoms with Gasteiger partial charge in [-0.2, -0.15) is 13.2 Å². The van der Waals surface area contributed by atoms with Crippen molar-refractivity contribution in [3.05, 3.63) is 97.0 Å². The second-order valence-corrected chi connectivity index (χ2v) is 7.65. The number of aromatic nitrogens is 1. The monoisotopic (exact) mass is 460 g/mol. The summed E-state index contributed by atoms with van der Waals surface area (Å²) in [6, 6.07) is 13.3. The summed E-state index contributed by atoms with van der Waals surface area (Å²) in [4.78, 5) is 15.9. The van der Waals surface area contributed by atoms with Crippen LogP contribution in [0.4, 0.5) is 18.9 Å². The Balaban J connectivity index is 2.33. The maximum atomic E-state index is 13.6. The second kappa shape index (κ2) is 7.88. The topological polar surface area (TPSA) is 26.4 Å². The molecule has 3 rings (SSSR count). The summed E-state index contributed by atoms with van der Waals surface area (Å²) in [5.41, 5.74) is 0.223. The molecule has 7 heteroatoms. The van der Waals surface area contributed by atoms with Gasteiger partial charge in [-0.15, -0.1) is 0 Å². The first-order valence-electron chi connectivity index (χ1n) is 8.66. The summed E-state index contributed by atoms with van der Waals surface area (Å²) in [6.07, 6.45) is -4.81. The first-order valence-corrected chi connectivity index (χ1v) is 9.45. The van der Waals surface area contributed by atoms with Crippen LogP contribution in [0.15, 0.2) is 57.8 Å². The number of alkyl halides is 3. The molecule has 3 nitrogen and oxygen atoms in total. The highest BCUT2D eigenvalue weighted by molar-refractivity contribution is 9.10. The first kappa shape index (κ1) is 20.9. The van der Waals surface area contributed by atoms with E-state index in [4.69, 9.17) is 6.57 Å². The maximum Gasteiger partial charge on any atom is 0.407 e. The quantitative estimate of drug-likeness (QED) is 0.409. The van der Waals surface area contributed by atoms with E-state index in [1.165, 1.54) is 4.57 Å². The predicted molar refractivity (Wildman–Crippen MR) is 110 cm³/mol. The van der Waals surface area contributed by atoms with Crippen molar-refractivity contribution >= 4 is 21.6 Å². The molecule has 0 bridgehead atoms. The standard InChI is InChI=1S/C22H16BrF3N2O/c1-13-7-8-16(14(2)9-13)12-28-19(15-5-4-6-17(23)10-15)11-18(22(24,25)26)20(27-3)21(28)29/h4-11H,12H2,1-2H3. The predicted octanol–water partition coefficient (Wildman–Crippen LogP) is 6.51. The molecule has 0 fully saturated rings. The Labute approximate surface area is 174 Å². The number of hydrogen-bond donors (Lipinski definition) is 0. The summed E-state index contributed by atoms with van der Waals surface area (Å²) >= 11 is 3.32. The molecule has 148 valence electrons. The summed E-state index contributed by atoms with van der Waals surface area (Å²) in [5.74, 6) is 0. The van der Waals surface area contributed by atoms with Crippen molar-refractivity contribution in [1.29, 1.82) is 0 Å². The van der Waals surface area contributed by atoms with E-state index in [9.17, 15) is 18.0 Å². The Hall–Kier alpha value is -2.85. The fourth-order valence-corrected chi connectivity index (χ4v) is 3.60. The zero-order valence-electron chi connectivity index (χ0n) is 15.6. The number of hydrogen-bond acceptors (Lipinski definition) is 1. The van der Waals surface area contributed by atoms with E-state index in [-0.39, 0.29) is 12.2 Å². The van der Waals surface area contributed by atoms with E-state index in [1.807, 2.05) is 32.0 Å². The van der Waals surface area contributed by atoms with Crippen LogP contribution in [0, 0.1) is 20.4 Å². The highest BCUT2D eigenvalue weighted by atomic mass is 79.9. The van der Waals surface area contributed by atoms with Crippen molar-refractivity contribution in [3.8, 4) is 11.3 Å². The normalized spacial score (nSPS) is 11.3. The summed E-state index contributed by atoms with van der Waals surface area (Å²) in [5, 5.41) is 0. The number of pyridine rings is 1. The fourth-order valence-electron chi connectivity index (χ4n) is 3.20. The van der Waals surface area contributed by atoms with Crippen LogP contribution in [0.2, 0.25) is 0 Å². The molecule has 1 aromatic heterocycles. The van der Waals surface area contributed by atoms with Crippen molar-refractivity contribution in [1.82, 2.24) is 4.57 Å². The Morgan fingerprint density at radius 1 is 1.10 bits per heavy atom. The zero-order chi connectivity index (χ0) is 21.3. The van der Waals surface area contributed by atoms with Crippen LogP contribution in [0.5, 0.6) is 0 Å². The third kappa shape index (κ3) is 4.28. The molecule has 0 spiro atoms. The van der Waals surface area contributed by atoms with Crippen molar-refractivity contribution in [2.24, 2.45) is 0 Å². The smallest absolute Gasteiger partial charge is 0.313 e. The highest BCUT2D eigenvalue weighted by Gasteiger charge is 2.36. The van der Waals surface area contributed by atoms with Crippen molar-refractivity contribution in [2.45, 2.75) is 26.6 Å². The maximum absolute atomic E-state index is 13.6. The molecule has 29 heavy (non-hydrogen) atoms. The van der Waals surface area contributed by atoms with Gasteiger partial charge >= 0.3 is 6.18 Å². The largest absolute Gasteiger partial charge is 0.407 e. The molecule has 0 amide bonds. The molecule has 0 saturated carbocycles. The van der Waals surface area contributed by atoms with Crippen molar-refractivity contribution < 1.29 is 13.2 Å². The minimum absolute atomic E-state index is 0.0629. The average Bonchev–Trinajstić information content (AvgIpc) is 2.64. The summed E-state index contributed by atoms with van der Waals surface area (Å²) in [6.45, 7) is 11.0. The molecule has 0 aliphatic rings. The lowest BCUT2D eigenvalue weighted by molar-refractivity contribution is -0.136. The fraction of sp³-hybridized carbons (Fsp3) is 0.182. The molecule has 0 saturated heterocycles. The third-order valence-electron chi connectivity index (χ3n) is 4.64. The van der Waals surface area contributed by atoms with Gasteiger partial charge in [0.2, 0.25) is 0 Å². The third-order valence-corrected chi connectivity index (χ3v) is 5.13. The average molecular weight is 461 g/mol.